The smallest absolute Gasteiger partial charge is 0.197 e. The Labute approximate surface area is 126 Å². The highest BCUT2D eigenvalue weighted by Crippen LogP contribution is 2.53. The molecule has 2 heteroatoms. The Morgan fingerprint density at radius 3 is 1.21 bits per heavy atom. The van der Waals surface area contributed by atoms with Gasteiger partial charge in [0.05, 0.1) is 4.48 Å². The molecule has 0 saturated heterocycles. The summed E-state index contributed by atoms with van der Waals surface area (Å²) in [5.74, 6) is 0.169. The lowest BCUT2D eigenvalue weighted by Gasteiger charge is -2.34. The van der Waals surface area contributed by atoms with E-state index in [9.17, 15) is 4.79 Å². The third kappa shape index (κ3) is 3.04. The van der Waals surface area contributed by atoms with Crippen LogP contribution in [-0.2, 0) is 4.79 Å². The molecule has 0 radical (unpaired) electrons. The van der Waals surface area contributed by atoms with E-state index >= 15 is 0 Å². The van der Waals surface area contributed by atoms with Crippen molar-refractivity contribution in [1.29, 1.82) is 0 Å². The molecule has 108 valence electrons. The van der Waals surface area contributed by atoms with Gasteiger partial charge < -0.3 is 0 Å². The van der Waals surface area contributed by atoms with Crippen LogP contribution in [0.1, 0.15) is 62.3 Å². The fourth-order valence-corrected chi connectivity index (χ4v) is 3.73. The molecule has 0 fully saturated rings. The molecule has 0 saturated carbocycles. The van der Waals surface area contributed by atoms with Crippen LogP contribution in [-0.4, -0.2) is 5.78 Å². The van der Waals surface area contributed by atoms with Crippen LogP contribution in [0.4, 0.5) is 0 Å². The summed E-state index contributed by atoms with van der Waals surface area (Å²) in [6, 6.07) is 0. The van der Waals surface area contributed by atoms with E-state index in [4.69, 9.17) is 0 Å². The first-order valence-electron chi connectivity index (χ1n) is 6.89. The number of hydrogen-bond donors (Lipinski definition) is 0. The topological polar surface area (TPSA) is 17.1 Å². The maximum Gasteiger partial charge on any atom is 0.197 e. The van der Waals surface area contributed by atoms with Gasteiger partial charge in [0.15, 0.2) is 5.78 Å². The second-order valence-corrected chi connectivity index (χ2v) is 9.31. The molecule has 0 aromatic carbocycles. The molecule has 0 aromatic heterocycles. The van der Waals surface area contributed by atoms with Gasteiger partial charge in [-0.1, -0.05) is 62.3 Å². The second-order valence-electron chi connectivity index (χ2n) is 8.52. The Hall–Kier alpha value is -0.370. The zero-order chi connectivity index (χ0) is 15.4. The van der Waals surface area contributed by atoms with Gasteiger partial charge in [0, 0.05) is 5.57 Å². The molecular weight excluding hydrogens is 300 g/mol. The number of halogens is 1. The van der Waals surface area contributed by atoms with Gasteiger partial charge in [0.2, 0.25) is 0 Å². The summed E-state index contributed by atoms with van der Waals surface area (Å²) in [4.78, 5) is 12.7. The van der Waals surface area contributed by atoms with Crippen molar-refractivity contribution < 1.29 is 4.79 Å². The first-order chi connectivity index (χ1) is 8.19. The number of allylic oxidation sites excluding steroid dienone is 4. The molecular formula is C17H27BrO. The number of Topliss-reactive ketones (excluding diaryl/α,β-unsaturated/α-hetero) is 1. The van der Waals surface area contributed by atoms with Crippen molar-refractivity contribution in [2.24, 2.45) is 16.2 Å². The van der Waals surface area contributed by atoms with Crippen LogP contribution < -0.4 is 0 Å². The molecule has 0 N–H and O–H groups in total. The molecule has 1 rings (SSSR count). The van der Waals surface area contributed by atoms with Gasteiger partial charge in [-0.3, -0.25) is 4.79 Å². The van der Waals surface area contributed by atoms with Crippen LogP contribution in [0.25, 0.3) is 0 Å². The molecule has 0 bridgehead atoms. The van der Waals surface area contributed by atoms with Crippen molar-refractivity contribution >= 4 is 21.7 Å². The molecule has 0 amide bonds. The molecule has 0 heterocycles. The summed E-state index contributed by atoms with van der Waals surface area (Å²) >= 11 is 3.56. The van der Waals surface area contributed by atoms with E-state index in [1.165, 1.54) is 11.1 Å². The fraction of sp³-hybridized carbons (Fsp3) is 0.706. The molecule has 0 unspecified atom stereocenters. The maximum atomic E-state index is 12.7. The van der Waals surface area contributed by atoms with Crippen molar-refractivity contribution in [2.75, 3.05) is 0 Å². The number of ketones is 1. The van der Waals surface area contributed by atoms with Crippen molar-refractivity contribution in [1.82, 2.24) is 0 Å². The lowest BCUT2D eigenvalue weighted by atomic mass is 9.70. The average Bonchev–Trinajstić information content (AvgIpc) is 2.36. The van der Waals surface area contributed by atoms with Gasteiger partial charge >= 0.3 is 0 Å². The summed E-state index contributed by atoms with van der Waals surface area (Å²) in [5, 5.41) is 0. The summed E-state index contributed by atoms with van der Waals surface area (Å²) in [6.45, 7) is 19.5. The average molecular weight is 327 g/mol. The summed E-state index contributed by atoms with van der Waals surface area (Å²) in [5.41, 5.74) is 3.17. The van der Waals surface area contributed by atoms with Gasteiger partial charge in [0.1, 0.15) is 0 Å². The normalized spacial score (nSPS) is 18.7. The molecule has 1 aliphatic rings. The Kier molecular flexibility index (Phi) is 4.02. The Morgan fingerprint density at radius 1 is 0.632 bits per heavy atom. The highest BCUT2D eigenvalue weighted by molar-refractivity contribution is 9.12. The van der Waals surface area contributed by atoms with Crippen LogP contribution in [0.3, 0.4) is 0 Å². The van der Waals surface area contributed by atoms with Crippen LogP contribution in [0.5, 0.6) is 0 Å². The van der Waals surface area contributed by atoms with Crippen molar-refractivity contribution in [3.8, 4) is 0 Å². The zero-order valence-corrected chi connectivity index (χ0v) is 15.4. The van der Waals surface area contributed by atoms with Crippen LogP contribution in [0.15, 0.2) is 21.2 Å². The Bertz CT molecular complexity index is 471. The molecule has 0 atom stereocenters. The Balaban J connectivity index is 3.73. The van der Waals surface area contributed by atoms with E-state index in [1.54, 1.807) is 0 Å². The van der Waals surface area contributed by atoms with E-state index in [1.807, 2.05) is 0 Å². The van der Waals surface area contributed by atoms with Gasteiger partial charge in [-0.05, 0) is 43.3 Å². The molecule has 0 aromatic rings. The third-order valence-corrected chi connectivity index (χ3v) is 4.15. The van der Waals surface area contributed by atoms with Crippen molar-refractivity contribution in [3.05, 3.63) is 21.2 Å². The van der Waals surface area contributed by atoms with E-state index in [-0.39, 0.29) is 22.0 Å². The standard InChI is InChI=1S/C17H27BrO/c1-15(2,3)10-11(16(4,5)6)13(18)14(19)12(10)17(7,8)9/h1-9H3. The molecule has 0 aliphatic heterocycles. The third-order valence-electron chi connectivity index (χ3n) is 3.40. The Morgan fingerprint density at radius 2 is 0.947 bits per heavy atom. The maximum absolute atomic E-state index is 12.7. The first kappa shape index (κ1) is 16.7. The predicted octanol–water partition coefficient (Wildman–Crippen LogP) is 5.65. The van der Waals surface area contributed by atoms with Crippen LogP contribution in [0, 0.1) is 16.2 Å². The first-order valence-corrected chi connectivity index (χ1v) is 7.69. The molecule has 1 aliphatic carbocycles. The van der Waals surface area contributed by atoms with Gasteiger partial charge in [-0.25, -0.2) is 0 Å². The van der Waals surface area contributed by atoms with Gasteiger partial charge in [-0.15, -0.1) is 0 Å². The number of carbonyl (C=O) groups is 1. The van der Waals surface area contributed by atoms with Crippen LogP contribution in [0.2, 0.25) is 0 Å². The quantitative estimate of drug-likeness (QED) is 0.561. The summed E-state index contributed by atoms with van der Waals surface area (Å²) in [6.07, 6.45) is 0. The highest BCUT2D eigenvalue weighted by Gasteiger charge is 2.44. The zero-order valence-electron chi connectivity index (χ0n) is 13.8. The van der Waals surface area contributed by atoms with Gasteiger partial charge in [-0.2, -0.15) is 0 Å². The van der Waals surface area contributed by atoms with E-state index in [0.717, 1.165) is 10.1 Å². The van der Waals surface area contributed by atoms with Crippen molar-refractivity contribution in [2.45, 2.75) is 62.3 Å². The monoisotopic (exact) mass is 326 g/mol. The van der Waals surface area contributed by atoms with Gasteiger partial charge in [0.25, 0.3) is 0 Å². The molecule has 19 heavy (non-hydrogen) atoms. The largest absolute Gasteiger partial charge is 0.288 e. The minimum absolute atomic E-state index is 0.0313. The molecule has 1 nitrogen and oxygen atoms in total. The lowest BCUT2D eigenvalue weighted by Crippen LogP contribution is -2.24. The fourth-order valence-electron chi connectivity index (χ4n) is 2.74. The number of hydrogen-bond acceptors (Lipinski definition) is 1. The van der Waals surface area contributed by atoms with E-state index in [2.05, 4.69) is 78.2 Å². The SMILES string of the molecule is CC(C)(C)C1=C(Br)C(=O)C(C(C)(C)C)=C1C(C)(C)C. The lowest BCUT2D eigenvalue weighted by molar-refractivity contribution is -0.112. The minimum Gasteiger partial charge on any atom is -0.288 e. The summed E-state index contributed by atoms with van der Waals surface area (Å²) in [7, 11) is 0. The van der Waals surface area contributed by atoms with E-state index in [0.29, 0.717) is 0 Å². The summed E-state index contributed by atoms with van der Waals surface area (Å²) < 4.78 is 0.759. The highest BCUT2D eigenvalue weighted by atomic mass is 79.9. The minimum atomic E-state index is -0.133. The van der Waals surface area contributed by atoms with Crippen LogP contribution >= 0.6 is 15.9 Å². The molecule has 0 spiro atoms. The second kappa shape index (κ2) is 4.58. The van der Waals surface area contributed by atoms with Crippen molar-refractivity contribution in [3.63, 3.8) is 0 Å². The number of rotatable bonds is 0. The van der Waals surface area contributed by atoms with E-state index < -0.39 is 0 Å². The number of carbonyl (C=O) groups excluding carboxylic acids is 1. The predicted molar refractivity (Wildman–Crippen MR) is 86.4 cm³/mol.